The largest absolute Gasteiger partial charge is 0.356 e. The van der Waals surface area contributed by atoms with Crippen molar-refractivity contribution >= 4 is 0 Å². The molecule has 0 aliphatic carbocycles. The van der Waals surface area contributed by atoms with Crippen LogP contribution in [-0.2, 0) is 9.47 Å². The summed E-state index contributed by atoms with van der Waals surface area (Å²) in [4.78, 5) is 2.68. The highest BCUT2D eigenvalue weighted by atomic mass is 16.7. The summed E-state index contributed by atoms with van der Waals surface area (Å²) in [5.41, 5.74) is 8.09. The summed E-state index contributed by atoms with van der Waals surface area (Å²) in [6.07, 6.45) is 2.89. The normalized spacial score (nSPS) is 29.4. The Balaban J connectivity index is 2.30. The zero-order valence-corrected chi connectivity index (χ0v) is 7.14. The van der Waals surface area contributed by atoms with E-state index in [1.165, 1.54) is 0 Å². The maximum Gasteiger partial charge on any atom is 0.157 e. The van der Waals surface area contributed by atoms with Gasteiger partial charge in [-0.1, -0.05) is 5.11 Å². The van der Waals surface area contributed by atoms with Crippen LogP contribution in [0.5, 0.6) is 0 Å². The average Bonchev–Trinajstić information content (AvgIpc) is 2.15. The van der Waals surface area contributed by atoms with Crippen molar-refractivity contribution in [2.45, 2.75) is 31.7 Å². The molecule has 0 amide bonds. The number of azide groups is 1. The van der Waals surface area contributed by atoms with Crippen molar-refractivity contribution in [2.24, 2.45) is 5.11 Å². The van der Waals surface area contributed by atoms with Crippen molar-refractivity contribution < 1.29 is 9.47 Å². The van der Waals surface area contributed by atoms with Gasteiger partial charge in [0.25, 0.3) is 0 Å². The summed E-state index contributed by atoms with van der Waals surface area (Å²) in [6.45, 7) is 0.413. The molecule has 0 N–H and O–H groups in total. The molecule has 0 aromatic heterocycles. The fourth-order valence-corrected chi connectivity index (χ4v) is 1.30. The molecule has 5 nitrogen and oxygen atoms in total. The zero-order chi connectivity index (χ0) is 8.81. The Bertz CT molecular complexity index is 179. The quantitative estimate of drug-likeness (QED) is 0.369. The minimum atomic E-state index is -0.113. The lowest BCUT2D eigenvalue weighted by atomic mass is 10.1. The van der Waals surface area contributed by atoms with Crippen LogP contribution in [0.4, 0.5) is 0 Å². The van der Waals surface area contributed by atoms with Crippen LogP contribution in [0.2, 0.25) is 0 Å². The van der Waals surface area contributed by atoms with E-state index in [4.69, 9.17) is 15.0 Å². The second-order valence-electron chi connectivity index (χ2n) is 2.77. The third kappa shape index (κ3) is 2.70. The second kappa shape index (κ2) is 4.98. The highest BCUT2D eigenvalue weighted by Gasteiger charge is 2.20. The van der Waals surface area contributed by atoms with Crippen LogP contribution in [0.3, 0.4) is 0 Å². The van der Waals surface area contributed by atoms with Crippen LogP contribution >= 0.6 is 0 Å². The van der Waals surface area contributed by atoms with Crippen molar-refractivity contribution in [1.82, 2.24) is 0 Å². The van der Waals surface area contributed by atoms with Gasteiger partial charge in [-0.2, -0.15) is 0 Å². The maximum absolute atomic E-state index is 8.09. The van der Waals surface area contributed by atoms with Crippen LogP contribution in [0.1, 0.15) is 19.3 Å². The highest BCUT2D eigenvalue weighted by Crippen LogP contribution is 2.19. The predicted octanol–water partition coefficient (Wildman–Crippen LogP) is 1.84. The first-order valence-corrected chi connectivity index (χ1v) is 4.06. The minimum Gasteiger partial charge on any atom is -0.356 e. The van der Waals surface area contributed by atoms with E-state index in [-0.39, 0.29) is 12.4 Å². The summed E-state index contributed by atoms with van der Waals surface area (Å²) in [7, 11) is 1.63. The monoisotopic (exact) mass is 171 g/mol. The maximum atomic E-state index is 8.09. The zero-order valence-electron chi connectivity index (χ0n) is 7.14. The molecule has 68 valence electrons. The molecule has 0 spiro atoms. The molecule has 1 heterocycles. The van der Waals surface area contributed by atoms with Crippen LogP contribution in [0.15, 0.2) is 5.11 Å². The molecule has 5 heteroatoms. The first-order chi connectivity index (χ1) is 5.86. The Kier molecular flexibility index (Phi) is 3.87. The lowest BCUT2D eigenvalue weighted by molar-refractivity contribution is -0.176. The Morgan fingerprint density at radius 2 is 2.50 bits per heavy atom. The first-order valence-electron chi connectivity index (χ1n) is 4.06. The van der Waals surface area contributed by atoms with E-state index in [1.54, 1.807) is 7.11 Å². The highest BCUT2D eigenvalue weighted by molar-refractivity contribution is 4.68. The van der Waals surface area contributed by atoms with Gasteiger partial charge in [0, 0.05) is 12.0 Å². The molecule has 0 aromatic carbocycles. The molecule has 1 aliphatic heterocycles. The number of rotatable bonds is 3. The van der Waals surface area contributed by atoms with E-state index in [2.05, 4.69) is 10.0 Å². The van der Waals surface area contributed by atoms with Crippen molar-refractivity contribution in [1.29, 1.82) is 0 Å². The SMILES string of the molecule is CO[C@@H]1CCC[C@@H](CN=[N+]=[N-])O1. The van der Waals surface area contributed by atoms with Gasteiger partial charge in [0.05, 0.1) is 12.6 Å². The molecule has 0 unspecified atom stereocenters. The van der Waals surface area contributed by atoms with Crippen molar-refractivity contribution in [3.8, 4) is 0 Å². The Morgan fingerprint density at radius 3 is 3.17 bits per heavy atom. The van der Waals surface area contributed by atoms with Gasteiger partial charge in [-0.25, -0.2) is 0 Å². The number of methoxy groups -OCH3 is 1. The first kappa shape index (κ1) is 9.32. The minimum absolute atomic E-state index is 0.0413. The van der Waals surface area contributed by atoms with Crippen LogP contribution in [-0.4, -0.2) is 26.0 Å². The molecule has 0 bridgehead atoms. The topological polar surface area (TPSA) is 67.2 Å². The van der Waals surface area contributed by atoms with Gasteiger partial charge >= 0.3 is 0 Å². The summed E-state index contributed by atoms with van der Waals surface area (Å²) >= 11 is 0. The lowest BCUT2D eigenvalue weighted by Crippen LogP contribution is -2.30. The molecular formula is C7H13N3O2. The summed E-state index contributed by atoms with van der Waals surface area (Å²) in [5.74, 6) is 0. The lowest BCUT2D eigenvalue weighted by Gasteiger charge is -2.27. The van der Waals surface area contributed by atoms with Crippen LogP contribution in [0.25, 0.3) is 10.4 Å². The van der Waals surface area contributed by atoms with Crippen molar-refractivity contribution in [2.75, 3.05) is 13.7 Å². The van der Waals surface area contributed by atoms with E-state index < -0.39 is 0 Å². The Hall–Kier alpha value is -0.770. The summed E-state index contributed by atoms with van der Waals surface area (Å²) < 4.78 is 10.5. The number of nitrogens with zero attached hydrogens (tertiary/aromatic N) is 3. The van der Waals surface area contributed by atoms with Gasteiger partial charge in [-0.15, -0.1) is 0 Å². The molecule has 1 aliphatic rings. The summed E-state index contributed by atoms with van der Waals surface area (Å²) in [5, 5.41) is 3.46. The van der Waals surface area contributed by atoms with Crippen LogP contribution < -0.4 is 0 Å². The molecular weight excluding hydrogens is 158 g/mol. The van der Waals surface area contributed by atoms with E-state index in [0.29, 0.717) is 6.54 Å². The van der Waals surface area contributed by atoms with Gasteiger partial charge in [-0.05, 0) is 24.8 Å². The molecule has 0 aromatic rings. The number of hydrogen-bond donors (Lipinski definition) is 0. The van der Waals surface area contributed by atoms with Gasteiger partial charge in [0.1, 0.15) is 0 Å². The van der Waals surface area contributed by atoms with Gasteiger partial charge in [0.2, 0.25) is 0 Å². The van der Waals surface area contributed by atoms with E-state index in [1.807, 2.05) is 0 Å². The standard InChI is InChI=1S/C7H13N3O2/c1-11-7-4-2-3-6(12-7)5-9-10-8/h6-7H,2-5H2,1H3/t6-,7-/m0/s1. The number of ether oxygens (including phenoxy) is 2. The predicted molar refractivity (Wildman–Crippen MR) is 43.5 cm³/mol. The van der Waals surface area contributed by atoms with Gasteiger partial charge in [-0.3, -0.25) is 0 Å². The van der Waals surface area contributed by atoms with E-state index in [0.717, 1.165) is 19.3 Å². The molecule has 12 heavy (non-hydrogen) atoms. The molecule has 0 radical (unpaired) electrons. The molecule has 1 rings (SSSR count). The Labute approximate surface area is 71.3 Å². The smallest absolute Gasteiger partial charge is 0.157 e. The third-order valence-electron chi connectivity index (χ3n) is 1.92. The van der Waals surface area contributed by atoms with E-state index in [9.17, 15) is 0 Å². The van der Waals surface area contributed by atoms with Gasteiger partial charge in [0.15, 0.2) is 6.29 Å². The molecule has 2 atom stereocenters. The fourth-order valence-electron chi connectivity index (χ4n) is 1.30. The van der Waals surface area contributed by atoms with E-state index >= 15 is 0 Å². The number of hydrogen-bond acceptors (Lipinski definition) is 3. The summed E-state index contributed by atoms with van der Waals surface area (Å²) in [6, 6.07) is 0. The third-order valence-corrected chi connectivity index (χ3v) is 1.92. The fraction of sp³-hybridized carbons (Fsp3) is 1.00. The molecule has 1 fully saturated rings. The van der Waals surface area contributed by atoms with Crippen molar-refractivity contribution in [3.63, 3.8) is 0 Å². The molecule has 0 saturated carbocycles. The average molecular weight is 171 g/mol. The molecule has 1 saturated heterocycles. The second-order valence-corrected chi connectivity index (χ2v) is 2.77. The van der Waals surface area contributed by atoms with Crippen LogP contribution in [0, 0.1) is 0 Å². The Morgan fingerprint density at radius 1 is 1.67 bits per heavy atom. The van der Waals surface area contributed by atoms with Crippen molar-refractivity contribution in [3.05, 3.63) is 10.4 Å². The van der Waals surface area contributed by atoms with Gasteiger partial charge < -0.3 is 9.47 Å².